The second kappa shape index (κ2) is 5.68. The van der Waals surface area contributed by atoms with Crippen LogP contribution in [-0.4, -0.2) is 19.6 Å². The largest absolute Gasteiger partial charge is 0.475 e. The van der Waals surface area contributed by atoms with Gasteiger partial charge in [-0.25, -0.2) is 8.42 Å². The number of rotatable bonds is 5. The zero-order chi connectivity index (χ0) is 12.2. The monoisotopic (exact) mass is 306 g/mol. The van der Waals surface area contributed by atoms with Gasteiger partial charge in [-0.3, -0.25) is 0 Å². The quantitative estimate of drug-likeness (QED) is 0.840. The molecule has 0 N–H and O–H groups in total. The van der Waals surface area contributed by atoms with Crippen molar-refractivity contribution in [1.29, 1.82) is 0 Å². The van der Waals surface area contributed by atoms with Gasteiger partial charge in [0.2, 0.25) is 0 Å². The van der Waals surface area contributed by atoms with Crippen LogP contribution in [0.3, 0.4) is 0 Å². The first-order valence-electron chi connectivity index (χ1n) is 5.13. The van der Waals surface area contributed by atoms with Gasteiger partial charge in [0, 0.05) is 4.47 Å². The molecule has 1 unspecified atom stereocenters. The molecule has 90 valence electrons. The van der Waals surface area contributed by atoms with Crippen LogP contribution in [0.15, 0.2) is 28.7 Å². The molecule has 1 atom stereocenters. The summed E-state index contributed by atoms with van der Waals surface area (Å²) in [5.41, 5.74) is -0.758. The second-order valence-corrected chi connectivity index (χ2v) is 6.71. The summed E-state index contributed by atoms with van der Waals surface area (Å²) in [5, 5.41) is 0. The van der Waals surface area contributed by atoms with E-state index >= 15 is 0 Å². The number of sulfone groups is 1. The van der Waals surface area contributed by atoms with Crippen LogP contribution in [-0.2, 0) is 9.84 Å². The fourth-order valence-electron chi connectivity index (χ4n) is 1.29. The maximum absolute atomic E-state index is 11.7. The highest BCUT2D eigenvalue weighted by Crippen LogP contribution is 2.21. The molecule has 0 aliphatic carbocycles. The van der Waals surface area contributed by atoms with E-state index in [2.05, 4.69) is 15.9 Å². The van der Waals surface area contributed by atoms with Gasteiger partial charge in [0.15, 0.2) is 15.3 Å². The van der Waals surface area contributed by atoms with Crippen LogP contribution in [0.25, 0.3) is 0 Å². The van der Waals surface area contributed by atoms with Gasteiger partial charge in [-0.1, -0.05) is 35.8 Å². The zero-order valence-electron chi connectivity index (χ0n) is 9.31. The molecule has 0 bridgehead atoms. The summed E-state index contributed by atoms with van der Waals surface area (Å²) >= 11 is 3.31. The predicted octanol–water partition coefficient (Wildman–Crippen LogP) is 3.00. The molecule has 16 heavy (non-hydrogen) atoms. The van der Waals surface area contributed by atoms with E-state index in [1.165, 1.54) is 0 Å². The minimum atomic E-state index is -3.16. The third kappa shape index (κ3) is 3.49. The van der Waals surface area contributed by atoms with Crippen molar-refractivity contribution in [3.8, 4) is 5.75 Å². The lowest BCUT2D eigenvalue weighted by molar-refractivity contribution is 0.269. The molecule has 0 aromatic heterocycles. The maximum Gasteiger partial charge on any atom is 0.198 e. The minimum Gasteiger partial charge on any atom is -0.475 e. The highest BCUT2D eigenvalue weighted by Gasteiger charge is 2.23. The number of halogens is 1. The molecule has 1 aromatic rings. The number of hydrogen-bond donors (Lipinski definition) is 0. The van der Waals surface area contributed by atoms with Crippen molar-refractivity contribution in [2.24, 2.45) is 0 Å². The Balaban J connectivity index is 2.87. The van der Waals surface area contributed by atoms with Gasteiger partial charge in [0.05, 0.1) is 5.75 Å². The molecule has 3 nitrogen and oxygen atoms in total. The Kier molecular flexibility index (Phi) is 4.80. The standard InChI is InChI=1S/C11H15BrO3S/c1-3-11(16(13,14)4-2)15-10-7-5-6-9(12)8-10/h5-8,11H,3-4H2,1-2H3. The van der Waals surface area contributed by atoms with Crippen molar-refractivity contribution in [3.05, 3.63) is 28.7 Å². The second-order valence-electron chi connectivity index (χ2n) is 3.36. The molecule has 0 aliphatic rings. The van der Waals surface area contributed by atoms with E-state index in [4.69, 9.17) is 4.74 Å². The van der Waals surface area contributed by atoms with Gasteiger partial charge in [-0.05, 0) is 24.6 Å². The Labute approximate surface area is 105 Å². The van der Waals surface area contributed by atoms with Gasteiger partial charge >= 0.3 is 0 Å². The molecule has 1 rings (SSSR count). The molecule has 0 radical (unpaired) electrons. The third-order valence-corrected chi connectivity index (χ3v) is 4.73. The van der Waals surface area contributed by atoms with Crippen LogP contribution >= 0.6 is 15.9 Å². The van der Waals surface area contributed by atoms with E-state index in [9.17, 15) is 8.42 Å². The third-order valence-electron chi connectivity index (χ3n) is 2.20. The normalized spacial score (nSPS) is 13.4. The highest BCUT2D eigenvalue weighted by molar-refractivity contribution is 9.10. The first kappa shape index (κ1) is 13.5. The van der Waals surface area contributed by atoms with Crippen LogP contribution in [0.5, 0.6) is 5.75 Å². The molecule has 0 fully saturated rings. The van der Waals surface area contributed by atoms with Crippen LogP contribution in [0, 0.1) is 0 Å². The fourth-order valence-corrected chi connectivity index (χ4v) is 2.80. The van der Waals surface area contributed by atoms with Crippen LogP contribution in [0.1, 0.15) is 20.3 Å². The Morgan fingerprint density at radius 3 is 2.56 bits per heavy atom. The van der Waals surface area contributed by atoms with E-state index in [1.807, 2.05) is 12.1 Å². The summed E-state index contributed by atoms with van der Waals surface area (Å²) in [6.07, 6.45) is 0.447. The zero-order valence-corrected chi connectivity index (χ0v) is 11.7. The topological polar surface area (TPSA) is 43.4 Å². The van der Waals surface area contributed by atoms with Gasteiger partial charge in [-0.15, -0.1) is 0 Å². The first-order valence-corrected chi connectivity index (χ1v) is 7.64. The van der Waals surface area contributed by atoms with Crippen molar-refractivity contribution in [3.63, 3.8) is 0 Å². The summed E-state index contributed by atoms with van der Waals surface area (Å²) in [4.78, 5) is 0. The van der Waals surface area contributed by atoms with Crippen LogP contribution in [0.4, 0.5) is 0 Å². The minimum absolute atomic E-state index is 0.0967. The molecule has 0 amide bonds. The Morgan fingerprint density at radius 2 is 2.06 bits per heavy atom. The number of hydrogen-bond acceptors (Lipinski definition) is 3. The van der Waals surface area contributed by atoms with Gasteiger partial charge in [-0.2, -0.15) is 0 Å². The van der Waals surface area contributed by atoms with Gasteiger partial charge < -0.3 is 4.74 Å². The van der Waals surface area contributed by atoms with E-state index < -0.39 is 15.3 Å². The van der Waals surface area contributed by atoms with Gasteiger partial charge in [0.1, 0.15) is 5.75 Å². The average molecular weight is 307 g/mol. The van der Waals surface area contributed by atoms with Crippen molar-refractivity contribution in [2.45, 2.75) is 25.7 Å². The highest BCUT2D eigenvalue weighted by atomic mass is 79.9. The molecule has 5 heteroatoms. The van der Waals surface area contributed by atoms with Crippen molar-refractivity contribution in [1.82, 2.24) is 0 Å². The lowest BCUT2D eigenvalue weighted by atomic mass is 10.3. The van der Waals surface area contributed by atoms with Crippen LogP contribution in [0.2, 0.25) is 0 Å². The number of benzene rings is 1. The molecule has 0 aliphatic heterocycles. The fraction of sp³-hybridized carbons (Fsp3) is 0.455. The van der Waals surface area contributed by atoms with E-state index in [-0.39, 0.29) is 5.75 Å². The predicted molar refractivity (Wildman–Crippen MR) is 68.3 cm³/mol. The molecule has 0 spiro atoms. The molecular weight excluding hydrogens is 292 g/mol. The molecular formula is C11H15BrO3S. The summed E-state index contributed by atoms with van der Waals surface area (Å²) < 4.78 is 29.7. The Bertz CT molecular complexity index is 442. The first-order chi connectivity index (χ1) is 7.49. The maximum atomic E-state index is 11.7. The van der Waals surface area contributed by atoms with Crippen molar-refractivity contribution in [2.75, 3.05) is 5.75 Å². The lowest BCUT2D eigenvalue weighted by Crippen LogP contribution is -2.28. The van der Waals surface area contributed by atoms with Gasteiger partial charge in [0.25, 0.3) is 0 Å². The summed E-state index contributed by atoms with van der Waals surface area (Å²) in [6.45, 7) is 3.43. The Hall–Kier alpha value is -0.550. The Morgan fingerprint density at radius 1 is 1.38 bits per heavy atom. The average Bonchev–Trinajstić information content (AvgIpc) is 2.25. The lowest BCUT2D eigenvalue weighted by Gasteiger charge is -2.17. The van der Waals surface area contributed by atoms with E-state index in [1.54, 1.807) is 26.0 Å². The van der Waals surface area contributed by atoms with E-state index in [0.717, 1.165) is 4.47 Å². The van der Waals surface area contributed by atoms with Crippen molar-refractivity contribution < 1.29 is 13.2 Å². The smallest absolute Gasteiger partial charge is 0.198 e. The van der Waals surface area contributed by atoms with Crippen molar-refractivity contribution >= 4 is 25.8 Å². The number of ether oxygens (including phenoxy) is 1. The summed E-state index contributed by atoms with van der Waals surface area (Å²) in [6, 6.07) is 7.18. The molecule has 0 saturated heterocycles. The van der Waals surface area contributed by atoms with E-state index in [0.29, 0.717) is 12.2 Å². The summed E-state index contributed by atoms with van der Waals surface area (Å²) in [7, 11) is -3.16. The molecule has 0 saturated carbocycles. The van der Waals surface area contributed by atoms with Crippen LogP contribution < -0.4 is 4.74 Å². The molecule has 0 heterocycles. The summed E-state index contributed by atoms with van der Waals surface area (Å²) in [5.74, 6) is 0.665. The molecule has 1 aromatic carbocycles. The SMILES string of the molecule is CCC(Oc1cccc(Br)c1)S(=O)(=O)CC.